The highest BCUT2D eigenvalue weighted by atomic mass is 32.1. The number of hydrogen-bond donors (Lipinski definition) is 2. The molecule has 0 unspecified atom stereocenters. The third-order valence-corrected chi connectivity index (χ3v) is 3.62. The van der Waals surface area contributed by atoms with Crippen molar-refractivity contribution in [1.82, 2.24) is 4.98 Å². The van der Waals surface area contributed by atoms with Crippen LogP contribution in [0.1, 0.15) is 23.9 Å². The summed E-state index contributed by atoms with van der Waals surface area (Å²) in [5, 5.41) is 9.25. The zero-order valence-electron chi connectivity index (χ0n) is 11.1. The molecule has 1 aromatic carbocycles. The lowest BCUT2D eigenvalue weighted by Crippen LogP contribution is -2.11. The molecule has 0 saturated heterocycles. The second-order valence-corrected chi connectivity index (χ2v) is 5.14. The maximum atomic E-state index is 11.4. The van der Waals surface area contributed by atoms with Crippen molar-refractivity contribution in [2.24, 2.45) is 0 Å². The van der Waals surface area contributed by atoms with Gasteiger partial charge >= 0.3 is 0 Å². The van der Waals surface area contributed by atoms with Crippen LogP contribution in [0.4, 0.5) is 11.4 Å². The molecule has 0 aliphatic heterocycles. The summed E-state index contributed by atoms with van der Waals surface area (Å²) in [4.78, 5) is 15.7. The Morgan fingerprint density at radius 1 is 1.37 bits per heavy atom. The first-order valence-electron chi connectivity index (χ1n) is 6.22. The van der Waals surface area contributed by atoms with E-state index in [0.29, 0.717) is 13.0 Å². The molecule has 0 radical (unpaired) electrons. The molecule has 0 aliphatic rings. The molecule has 0 aliphatic carbocycles. The number of carbonyl (C=O) groups excluding carboxylic acids is 1. The average molecular weight is 275 g/mol. The molecule has 5 heteroatoms. The van der Waals surface area contributed by atoms with Crippen LogP contribution in [0.3, 0.4) is 0 Å². The van der Waals surface area contributed by atoms with Gasteiger partial charge in [0, 0.05) is 29.4 Å². The van der Waals surface area contributed by atoms with Crippen LogP contribution in [0.5, 0.6) is 0 Å². The van der Waals surface area contributed by atoms with E-state index in [-0.39, 0.29) is 5.91 Å². The van der Waals surface area contributed by atoms with Crippen LogP contribution in [0.15, 0.2) is 29.8 Å². The summed E-state index contributed by atoms with van der Waals surface area (Å²) in [5.41, 5.74) is 2.92. The summed E-state index contributed by atoms with van der Waals surface area (Å²) >= 11 is 1.62. The zero-order valence-corrected chi connectivity index (χ0v) is 11.9. The van der Waals surface area contributed by atoms with Crippen molar-refractivity contribution in [3.8, 4) is 0 Å². The van der Waals surface area contributed by atoms with Crippen molar-refractivity contribution in [2.75, 3.05) is 10.6 Å². The fourth-order valence-corrected chi connectivity index (χ4v) is 2.27. The van der Waals surface area contributed by atoms with E-state index in [2.05, 4.69) is 15.6 Å². The fraction of sp³-hybridized carbons (Fsp3) is 0.286. The van der Waals surface area contributed by atoms with Gasteiger partial charge in [0.25, 0.3) is 0 Å². The molecule has 0 spiro atoms. The van der Waals surface area contributed by atoms with Crippen molar-refractivity contribution in [2.45, 2.75) is 26.8 Å². The van der Waals surface area contributed by atoms with Crippen molar-refractivity contribution in [1.29, 1.82) is 0 Å². The smallest absolute Gasteiger partial charge is 0.224 e. The Bertz CT molecular complexity index is 552. The van der Waals surface area contributed by atoms with Crippen LogP contribution in [0.25, 0.3) is 0 Å². The Labute approximate surface area is 116 Å². The summed E-state index contributed by atoms with van der Waals surface area (Å²) in [5.74, 6) is 0.0279. The minimum atomic E-state index is 0.0279. The highest BCUT2D eigenvalue weighted by Crippen LogP contribution is 2.24. The van der Waals surface area contributed by atoms with Crippen molar-refractivity contribution >= 4 is 28.6 Å². The van der Waals surface area contributed by atoms with Gasteiger partial charge in [0.05, 0.1) is 6.54 Å². The molecule has 100 valence electrons. The van der Waals surface area contributed by atoms with Crippen LogP contribution in [-0.2, 0) is 11.3 Å². The van der Waals surface area contributed by atoms with Crippen molar-refractivity contribution in [3.05, 3.63) is 40.3 Å². The van der Waals surface area contributed by atoms with Gasteiger partial charge in [-0.3, -0.25) is 4.79 Å². The summed E-state index contributed by atoms with van der Waals surface area (Å²) < 4.78 is 0. The molecular formula is C14H17N3OS. The van der Waals surface area contributed by atoms with Crippen LogP contribution in [0, 0.1) is 6.92 Å². The van der Waals surface area contributed by atoms with E-state index in [1.54, 1.807) is 17.5 Å². The lowest BCUT2D eigenvalue weighted by atomic mass is 10.1. The average Bonchev–Trinajstić information content (AvgIpc) is 2.93. The number of nitrogens with one attached hydrogen (secondary N) is 2. The largest absolute Gasteiger partial charge is 0.378 e. The molecule has 2 aromatic rings. The zero-order chi connectivity index (χ0) is 13.7. The standard InChI is InChI=1S/C14H17N3OS/c1-3-13(18)17-12-6-4-5-11(10(12)2)16-9-14-15-7-8-19-14/h4-8,16H,3,9H2,1-2H3,(H,17,18). The van der Waals surface area contributed by atoms with Gasteiger partial charge in [0.2, 0.25) is 5.91 Å². The molecule has 0 fully saturated rings. The van der Waals surface area contributed by atoms with Gasteiger partial charge in [-0.05, 0) is 24.6 Å². The van der Waals surface area contributed by atoms with Gasteiger partial charge in [-0.15, -0.1) is 11.3 Å². The normalized spacial score (nSPS) is 10.2. The van der Waals surface area contributed by atoms with Crippen LogP contribution in [0.2, 0.25) is 0 Å². The van der Waals surface area contributed by atoms with E-state index in [1.807, 2.05) is 37.4 Å². The third kappa shape index (κ3) is 3.54. The maximum Gasteiger partial charge on any atom is 0.224 e. The summed E-state index contributed by atoms with van der Waals surface area (Å²) in [6.07, 6.45) is 2.28. The minimum absolute atomic E-state index is 0.0279. The lowest BCUT2D eigenvalue weighted by Gasteiger charge is -2.13. The molecule has 0 bridgehead atoms. The molecule has 2 rings (SSSR count). The number of amides is 1. The topological polar surface area (TPSA) is 54.0 Å². The monoisotopic (exact) mass is 275 g/mol. The van der Waals surface area contributed by atoms with E-state index in [4.69, 9.17) is 0 Å². The van der Waals surface area contributed by atoms with E-state index in [0.717, 1.165) is 21.9 Å². The number of hydrogen-bond acceptors (Lipinski definition) is 4. The van der Waals surface area contributed by atoms with Gasteiger partial charge < -0.3 is 10.6 Å². The number of anilines is 2. The van der Waals surface area contributed by atoms with Crippen LogP contribution in [-0.4, -0.2) is 10.9 Å². The first-order chi connectivity index (χ1) is 9.20. The number of thiazole rings is 1. The molecule has 0 saturated carbocycles. The van der Waals surface area contributed by atoms with Crippen molar-refractivity contribution < 1.29 is 4.79 Å². The van der Waals surface area contributed by atoms with Gasteiger partial charge in [-0.1, -0.05) is 13.0 Å². The van der Waals surface area contributed by atoms with Crippen molar-refractivity contribution in [3.63, 3.8) is 0 Å². The Morgan fingerprint density at radius 2 is 2.16 bits per heavy atom. The van der Waals surface area contributed by atoms with Crippen LogP contribution < -0.4 is 10.6 Å². The molecule has 0 atom stereocenters. The number of aromatic nitrogens is 1. The molecular weight excluding hydrogens is 258 g/mol. The van der Waals surface area contributed by atoms with E-state index < -0.39 is 0 Å². The van der Waals surface area contributed by atoms with Gasteiger partial charge in [0.1, 0.15) is 5.01 Å². The van der Waals surface area contributed by atoms with Crippen LogP contribution >= 0.6 is 11.3 Å². The van der Waals surface area contributed by atoms with E-state index in [1.165, 1.54) is 0 Å². The molecule has 4 nitrogen and oxygen atoms in total. The number of carbonyl (C=O) groups is 1. The fourth-order valence-electron chi connectivity index (χ4n) is 1.71. The molecule has 1 heterocycles. The molecule has 1 amide bonds. The molecule has 1 aromatic heterocycles. The highest BCUT2D eigenvalue weighted by molar-refractivity contribution is 7.09. The predicted octanol–water partition coefficient (Wildman–Crippen LogP) is 3.41. The number of benzene rings is 1. The second kappa shape index (κ2) is 6.33. The number of nitrogens with zero attached hydrogens (tertiary/aromatic N) is 1. The van der Waals surface area contributed by atoms with E-state index in [9.17, 15) is 4.79 Å². The summed E-state index contributed by atoms with van der Waals surface area (Å²) in [7, 11) is 0. The second-order valence-electron chi connectivity index (χ2n) is 4.16. The maximum absolute atomic E-state index is 11.4. The summed E-state index contributed by atoms with van der Waals surface area (Å²) in [6.45, 7) is 4.54. The van der Waals surface area contributed by atoms with Gasteiger partial charge in [-0.25, -0.2) is 4.98 Å². The third-order valence-electron chi connectivity index (χ3n) is 2.84. The first kappa shape index (κ1) is 13.5. The molecule has 2 N–H and O–H groups in total. The Hall–Kier alpha value is -1.88. The van der Waals surface area contributed by atoms with Gasteiger partial charge in [-0.2, -0.15) is 0 Å². The lowest BCUT2D eigenvalue weighted by molar-refractivity contribution is -0.115. The predicted molar refractivity (Wildman–Crippen MR) is 79.5 cm³/mol. The number of rotatable bonds is 5. The highest BCUT2D eigenvalue weighted by Gasteiger charge is 2.06. The Morgan fingerprint density at radius 3 is 2.84 bits per heavy atom. The Kier molecular flexibility index (Phi) is 4.52. The quantitative estimate of drug-likeness (QED) is 0.879. The first-order valence-corrected chi connectivity index (χ1v) is 7.10. The Balaban J connectivity index is 2.08. The summed E-state index contributed by atoms with van der Waals surface area (Å²) in [6, 6.07) is 5.85. The molecule has 19 heavy (non-hydrogen) atoms. The van der Waals surface area contributed by atoms with Gasteiger partial charge in [0.15, 0.2) is 0 Å². The van der Waals surface area contributed by atoms with E-state index >= 15 is 0 Å². The SMILES string of the molecule is CCC(=O)Nc1cccc(NCc2nccs2)c1C. The minimum Gasteiger partial charge on any atom is -0.378 e.